The molecule has 2 aliphatic heterocycles. The third kappa shape index (κ3) is 4.19. The first-order chi connectivity index (χ1) is 11.0. The Hall–Kier alpha value is -1.25. The van der Waals surface area contributed by atoms with Crippen molar-refractivity contribution in [2.75, 3.05) is 37.6 Å². The molecule has 1 aromatic heterocycles. The molecule has 23 heavy (non-hydrogen) atoms. The van der Waals surface area contributed by atoms with E-state index in [1.807, 2.05) is 19.1 Å². The van der Waals surface area contributed by atoms with Gasteiger partial charge in [-0.25, -0.2) is 4.72 Å². The molecular weight excluding hydrogens is 314 g/mol. The Morgan fingerprint density at radius 2 is 1.83 bits per heavy atom. The zero-order valence-electron chi connectivity index (χ0n) is 13.6. The Kier molecular flexibility index (Phi) is 5.13. The van der Waals surface area contributed by atoms with Gasteiger partial charge in [0.2, 0.25) is 0 Å². The molecule has 0 radical (unpaired) electrons. The molecule has 128 valence electrons. The van der Waals surface area contributed by atoms with E-state index in [9.17, 15) is 8.42 Å². The smallest absolute Gasteiger partial charge is 0.279 e. The van der Waals surface area contributed by atoms with Crippen molar-refractivity contribution in [1.82, 2.24) is 19.2 Å². The van der Waals surface area contributed by atoms with Crippen LogP contribution in [0, 0.1) is 12.8 Å². The zero-order chi connectivity index (χ0) is 16.3. The molecular formula is C15H25N5O2S. The number of hydrogen-bond donors (Lipinski definition) is 1. The van der Waals surface area contributed by atoms with E-state index in [-0.39, 0.29) is 0 Å². The molecule has 0 unspecified atom stereocenters. The number of rotatable bonds is 5. The number of nitrogens with zero attached hydrogens (tertiary/aromatic N) is 4. The summed E-state index contributed by atoms with van der Waals surface area (Å²) in [5.41, 5.74) is 0.899. The van der Waals surface area contributed by atoms with Crippen molar-refractivity contribution in [3.8, 4) is 0 Å². The first-order valence-electron chi connectivity index (χ1n) is 8.34. The summed E-state index contributed by atoms with van der Waals surface area (Å²) in [5, 5.41) is 8.21. The van der Waals surface area contributed by atoms with Crippen molar-refractivity contribution in [2.45, 2.75) is 32.6 Å². The lowest BCUT2D eigenvalue weighted by Crippen LogP contribution is -2.53. The van der Waals surface area contributed by atoms with Crippen LogP contribution in [-0.4, -0.2) is 55.6 Å². The molecule has 0 saturated carbocycles. The summed E-state index contributed by atoms with van der Waals surface area (Å²) in [6.45, 7) is 5.33. The van der Waals surface area contributed by atoms with Gasteiger partial charge in [-0.15, -0.1) is 5.10 Å². The van der Waals surface area contributed by atoms with Gasteiger partial charge in [0.05, 0.1) is 5.69 Å². The van der Waals surface area contributed by atoms with E-state index in [1.165, 1.54) is 0 Å². The van der Waals surface area contributed by atoms with Crippen LogP contribution in [-0.2, 0) is 10.2 Å². The highest BCUT2D eigenvalue weighted by Crippen LogP contribution is 2.22. The Bertz CT molecular complexity index is 605. The molecule has 0 spiro atoms. The van der Waals surface area contributed by atoms with Gasteiger partial charge in [0.25, 0.3) is 10.2 Å². The maximum absolute atomic E-state index is 12.4. The van der Waals surface area contributed by atoms with Crippen molar-refractivity contribution >= 4 is 16.0 Å². The molecule has 1 N–H and O–H groups in total. The van der Waals surface area contributed by atoms with E-state index in [0.29, 0.717) is 25.6 Å². The minimum Gasteiger partial charge on any atom is -0.354 e. The predicted molar refractivity (Wildman–Crippen MR) is 89.4 cm³/mol. The third-order valence-corrected chi connectivity index (χ3v) is 6.10. The number of aromatic nitrogens is 2. The summed E-state index contributed by atoms with van der Waals surface area (Å²) in [5.74, 6) is 1.20. The summed E-state index contributed by atoms with van der Waals surface area (Å²) < 4.78 is 29.1. The van der Waals surface area contributed by atoms with E-state index < -0.39 is 10.2 Å². The summed E-state index contributed by atoms with van der Waals surface area (Å²) in [6, 6.07) is 3.90. The molecule has 0 bridgehead atoms. The van der Waals surface area contributed by atoms with Crippen LogP contribution in [0.25, 0.3) is 0 Å². The molecule has 0 atom stereocenters. The average molecular weight is 339 g/mol. The van der Waals surface area contributed by atoms with Crippen molar-refractivity contribution < 1.29 is 8.42 Å². The molecule has 0 aromatic carbocycles. The van der Waals surface area contributed by atoms with Crippen LogP contribution >= 0.6 is 0 Å². The lowest BCUT2D eigenvalue weighted by Gasteiger charge is -2.40. The topological polar surface area (TPSA) is 78.4 Å². The summed E-state index contributed by atoms with van der Waals surface area (Å²) in [6.07, 6.45) is 4.18. The highest BCUT2D eigenvalue weighted by Gasteiger charge is 2.30. The second kappa shape index (κ2) is 7.11. The van der Waals surface area contributed by atoms with Crippen LogP contribution in [0.5, 0.6) is 0 Å². The lowest BCUT2D eigenvalue weighted by atomic mass is 10.0. The standard InChI is InChI=1S/C15H25N5O2S/c1-13-6-7-15(18-17-13)19-11-14(12-19)10-16-23(21,22)20-8-4-2-3-5-9-20/h6-7,14,16H,2-5,8-12H2,1H3. The number of anilines is 1. The molecule has 7 nitrogen and oxygen atoms in total. The average Bonchev–Trinajstić information content (AvgIpc) is 2.77. The second-order valence-corrected chi connectivity index (χ2v) is 8.23. The Morgan fingerprint density at radius 3 is 2.43 bits per heavy atom. The van der Waals surface area contributed by atoms with E-state index in [1.54, 1.807) is 4.31 Å². The molecule has 3 rings (SSSR count). The normalized spacial score (nSPS) is 21.0. The highest BCUT2D eigenvalue weighted by molar-refractivity contribution is 7.87. The first-order valence-corrected chi connectivity index (χ1v) is 9.78. The highest BCUT2D eigenvalue weighted by atomic mass is 32.2. The van der Waals surface area contributed by atoms with Crippen molar-refractivity contribution in [1.29, 1.82) is 0 Å². The SMILES string of the molecule is Cc1ccc(N2CC(CNS(=O)(=O)N3CCCCCC3)C2)nn1. The van der Waals surface area contributed by atoms with Crippen LogP contribution in [0.1, 0.15) is 31.4 Å². The van der Waals surface area contributed by atoms with Crippen molar-refractivity contribution in [3.05, 3.63) is 17.8 Å². The molecule has 1 aromatic rings. The fourth-order valence-corrected chi connectivity index (χ4v) is 4.41. The Labute approximate surface area is 138 Å². The minimum absolute atomic E-state index is 0.333. The minimum atomic E-state index is -3.33. The molecule has 2 fully saturated rings. The molecule has 0 amide bonds. The van der Waals surface area contributed by atoms with Gasteiger partial charge in [-0.05, 0) is 31.9 Å². The monoisotopic (exact) mass is 339 g/mol. The van der Waals surface area contributed by atoms with Gasteiger partial charge < -0.3 is 4.90 Å². The Morgan fingerprint density at radius 1 is 1.13 bits per heavy atom. The summed E-state index contributed by atoms with van der Waals surface area (Å²) in [7, 11) is -3.33. The molecule has 3 heterocycles. The largest absolute Gasteiger partial charge is 0.354 e. The number of hydrogen-bond acceptors (Lipinski definition) is 5. The van der Waals surface area contributed by atoms with Gasteiger partial charge in [-0.1, -0.05) is 12.8 Å². The maximum atomic E-state index is 12.4. The fourth-order valence-electron chi connectivity index (χ4n) is 3.04. The van der Waals surface area contributed by atoms with Gasteiger partial charge in [0.15, 0.2) is 5.82 Å². The number of nitrogens with one attached hydrogen (secondary N) is 1. The van der Waals surface area contributed by atoms with Crippen LogP contribution in [0.15, 0.2) is 12.1 Å². The molecule has 2 aliphatic rings. The van der Waals surface area contributed by atoms with E-state index in [2.05, 4.69) is 19.8 Å². The first kappa shape index (κ1) is 16.6. The van der Waals surface area contributed by atoms with Crippen LogP contribution in [0.4, 0.5) is 5.82 Å². The zero-order valence-corrected chi connectivity index (χ0v) is 14.4. The fraction of sp³-hybridized carbons (Fsp3) is 0.733. The van der Waals surface area contributed by atoms with Crippen molar-refractivity contribution in [2.24, 2.45) is 5.92 Å². The van der Waals surface area contributed by atoms with Gasteiger partial charge >= 0.3 is 0 Å². The lowest BCUT2D eigenvalue weighted by molar-refractivity contribution is 0.380. The molecule has 0 aliphatic carbocycles. The predicted octanol–water partition coefficient (Wildman–Crippen LogP) is 0.932. The van der Waals surface area contributed by atoms with E-state index in [0.717, 1.165) is 50.3 Å². The van der Waals surface area contributed by atoms with Crippen LogP contribution < -0.4 is 9.62 Å². The molecule has 8 heteroatoms. The van der Waals surface area contributed by atoms with Crippen LogP contribution in [0.2, 0.25) is 0 Å². The van der Waals surface area contributed by atoms with Gasteiger partial charge in [-0.2, -0.15) is 17.8 Å². The second-order valence-electron chi connectivity index (χ2n) is 6.47. The summed E-state index contributed by atoms with van der Waals surface area (Å²) >= 11 is 0. The molecule has 2 saturated heterocycles. The Balaban J connectivity index is 1.45. The van der Waals surface area contributed by atoms with E-state index in [4.69, 9.17) is 0 Å². The van der Waals surface area contributed by atoms with Gasteiger partial charge in [0.1, 0.15) is 0 Å². The van der Waals surface area contributed by atoms with Crippen molar-refractivity contribution in [3.63, 3.8) is 0 Å². The maximum Gasteiger partial charge on any atom is 0.279 e. The van der Waals surface area contributed by atoms with Gasteiger partial charge in [0, 0.05) is 38.6 Å². The summed E-state index contributed by atoms with van der Waals surface area (Å²) in [4.78, 5) is 2.12. The van der Waals surface area contributed by atoms with Gasteiger partial charge in [-0.3, -0.25) is 0 Å². The quantitative estimate of drug-likeness (QED) is 0.863. The van der Waals surface area contributed by atoms with Crippen LogP contribution in [0.3, 0.4) is 0 Å². The van der Waals surface area contributed by atoms with E-state index >= 15 is 0 Å². The number of aryl methyl sites for hydroxylation is 1. The third-order valence-electron chi connectivity index (χ3n) is 4.52.